The van der Waals surface area contributed by atoms with Crippen LogP contribution in [0.15, 0.2) is 36.4 Å². The van der Waals surface area contributed by atoms with Crippen molar-refractivity contribution in [3.63, 3.8) is 0 Å². The molecule has 1 spiro atoms. The number of hydrogen-bond acceptors (Lipinski definition) is 5. The van der Waals surface area contributed by atoms with Crippen molar-refractivity contribution in [1.82, 2.24) is 19.8 Å². The Morgan fingerprint density at radius 1 is 1.18 bits per heavy atom. The lowest BCUT2D eigenvalue weighted by Crippen LogP contribution is -2.49. The van der Waals surface area contributed by atoms with Crippen molar-refractivity contribution in [1.29, 1.82) is 0 Å². The number of nitrogen functional groups attached to an aromatic ring is 1. The Hall–Kier alpha value is -3.67. The van der Waals surface area contributed by atoms with Gasteiger partial charge in [0.15, 0.2) is 0 Å². The number of nitrogens with one attached hydrogen (secondary N) is 1. The number of amides is 2. The van der Waals surface area contributed by atoms with E-state index in [9.17, 15) is 27.2 Å². The summed E-state index contributed by atoms with van der Waals surface area (Å²) in [6.45, 7) is -0.936. The normalized spacial score (nSPS) is 20.2. The summed E-state index contributed by atoms with van der Waals surface area (Å²) in [4.78, 5) is 36.8. The van der Waals surface area contributed by atoms with Crippen LogP contribution in [0.25, 0.3) is 11.0 Å². The first kappa shape index (κ1) is 22.1. The average molecular weight is 477 g/mol. The van der Waals surface area contributed by atoms with E-state index in [4.69, 9.17) is 5.73 Å². The van der Waals surface area contributed by atoms with Gasteiger partial charge in [0.2, 0.25) is 0 Å². The molecule has 0 bridgehead atoms. The molecule has 178 valence electrons. The fourth-order valence-corrected chi connectivity index (χ4v) is 4.81. The number of ether oxygens (including phenoxy) is 1. The summed E-state index contributed by atoms with van der Waals surface area (Å²) >= 11 is 0. The highest BCUT2D eigenvalue weighted by molar-refractivity contribution is 6.07. The molecular formula is C22H19F4N5O3. The summed E-state index contributed by atoms with van der Waals surface area (Å²) in [5.74, 6) is -1.38. The molecule has 1 aromatic carbocycles. The number of nitrogens with zero attached hydrogens (tertiary/aromatic N) is 3. The highest BCUT2D eigenvalue weighted by atomic mass is 19.4. The number of alkyl halides is 3. The number of pyridine rings is 1. The molecule has 0 aliphatic carbocycles. The van der Waals surface area contributed by atoms with E-state index in [0.717, 1.165) is 12.1 Å². The van der Waals surface area contributed by atoms with Crippen LogP contribution in [0.3, 0.4) is 0 Å². The van der Waals surface area contributed by atoms with Crippen LogP contribution in [-0.4, -0.2) is 57.6 Å². The SMILES string of the molecule is Nc1ccc2[nH]c(CN3C(=O)c4cc(F)ccc4[C@]34CCN(CCOC(F)(F)F)C4=O)cc2n1. The lowest BCUT2D eigenvalue weighted by atomic mass is 9.87. The Balaban J connectivity index is 1.50. The molecule has 12 heteroatoms. The number of likely N-dealkylation sites (tertiary alicyclic amines) is 1. The van der Waals surface area contributed by atoms with Crippen LogP contribution in [0, 0.1) is 5.82 Å². The van der Waals surface area contributed by atoms with Crippen LogP contribution in [0.4, 0.5) is 23.4 Å². The van der Waals surface area contributed by atoms with E-state index in [1.807, 2.05) is 0 Å². The molecule has 2 amide bonds. The van der Waals surface area contributed by atoms with E-state index in [-0.39, 0.29) is 31.6 Å². The van der Waals surface area contributed by atoms with Gasteiger partial charge in [-0.05, 0) is 30.3 Å². The molecule has 3 aromatic rings. The second kappa shape index (κ2) is 7.69. The van der Waals surface area contributed by atoms with Crippen LogP contribution in [0.5, 0.6) is 0 Å². The number of halogens is 4. The number of hydrogen-bond donors (Lipinski definition) is 2. The van der Waals surface area contributed by atoms with Crippen molar-refractivity contribution in [2.24, 2.45) is 0 Å². The number of benzene rings is 1. The number of H-pyrrole nitrogens is 1. The first-order valence-electron chi connectivity index (χ1n) is 10.4. The van der Waals surface area contributed by atoms with Gasteiger partial charge in [0, 0.05) is 36.3 Å². The maximum atomic E-state index is 14.0. The van der Waals surface area contributed by atoms with E-state index >= 15 is 0 Å². The van der Waals surface area contributed by atoms with Gasteiger partial charge in [0.1, 0.15) is 17.2 Å². The van der Waals surface area contributed by atoms with Crippen molar-refractivity contribution in [2.45, 2.75) is 24.9 Å². The number of aromatic nitrogens is 2. The topological polar surface area (TPSA) is 105 Å². The largest absolute Gasteiger partial charge is 0.522 e. The van der Waals surface area contributed by atoms with Crippen molar-refractivity contribution in [3.8, 4) is 0 Å². The Morgan fingerprint density at radius 3 is 2.74 bits per heavy atom. The van der Waals surface area contributed by atoms with Crippen molar-refractivity contribution >= 4 is 28.7 Å². The number of carbonyl (C=O) groups is 2. The zero-order valence-electron chi connectivity index (χ0n) is 17.7. The maximum Gasteiger partial charge on any atom is 0.522 e. The predicted octanol–water partition coefficient (Wildman–Crippen LogP) is 2.90. The molecule has 4 heterocycles. The van der Waals surface area contributed by atoms with Gasteiger partial charge in [0.05, 0.1) is 24.2 Å². The molecule has 1 saturated heterocycles. The van der Waals surface area contributed by atoms with Gasteiger partial charge < -0.3 is 20.5 Å². The third-order valence-electron chi connectivity index (χ3n) is 6.26. The lowest BCUT2D eigenvalue weighted by Gasteiger charge is -2.34. The molecule has 2 aromatic heterocycles. The Kier molecular flexibility index (Phi) is 5.01. The molecule has 8 nitrogen and oxygen atoms in total. The van der Waals surface area contributed by atoms with Crippen LogP contribution >= 0.6 is 0 Å². The van der Waals surface area contributed by atoms with Gasteiger partial charge in [0.25, 0.3) is 11.8 Å². The summed E-state index contributed by atoms with van der Waals surface area (Å²) in [5, 5.41) is 0. The molecule has 0 saturated carbocycles. The highest BCUT2D eigenvalue weighted by Gasteiger charge is 2.59. The van der Waals surface area contributed by atoms with Gasteiger partial charge in [-0.3, -0.25) is 14.3 Å². The van der Waals surface area contributed by atoms with E-state index in [1.54, 1.807) is 18.2 Å². The van der Waals surface area contributed by atoms with Crippen LogP contribution in [0.1, 0.15) is 28.0 Å². The number of anilines is 1. The van der Waals surface area contributed by atoms with Crippen LogP contribution in [0.2, 0.25) is 0 Å². The van der Waals surface area contributed by atoms with Gasteiger partial charge in [-0.25, -0.2) is 9.37 Å². The number of nitrogens with two attached hydrogens (primary N) is 1. The molecule has 2 aliphatic heterocycles. The van der Waals surface area contributed by atoms with Crippen LogP contribution in [-0.2, 0) is 21.6 Å². The summed E-state index contributed by atoms with van der Waals surface area (Å²) in [5.41, 5.74) is 6.48. The van der Waals surface area contributed by atoms with Gasteiger partial charge >= 0.3 is 6.36 Å². The smallest absolute Gasteiger partial charge is 0.384 e. The molecule has 34 heavy (non-hydrogen) atoms. The minimum atomic E-state index is -4.81. The molecule has 1 fully saturated rings. The molecule has 0 radical (unpaired) electrons. The fourth-order valence-electron chi connectivity index (χ4n) is 4.81. The molecule has 2 aliphatic rings. The van der Waals surface area contributed by atoms with E-state index < -0.39 is 36.1 Å². The third-order valence-corrected chi connectivity index (χ3v) is 6.26. The van der Waals surface area contributed by atoms with Gasteiger partial charge in [-0.15, -0.1) is 13.2 Å². The fraction of sp³-hybridized carbons (Fsp3) is 0.318. The summed E-state index contributed by atoms with van der Waals surface area (Å²) < 4.78 is 55.0. The first-order valence-corrected chi connectivity index (χ1v) is 10.4. The highest BCUT2D eigenvalue weighted by Crippen LogP contribution is 2.47. The molecule has 5 rings (SSSR count). The molecule has 1 atom stereocenters. The zero-order chi connectivity index (χ0) is 24.3. The van der Waals surface area contributed by atoms with Crippen LogP contribution < -0.4 is 5.73 Å². The molecule has 3 N–H and O–H groups in total. The lowest BCUT2D eigenvalue weighted by molar-refractivity contribution is -0.324. The third kappa shape index (κ3) is 3.54. The monoisotopic (exact) mass is 477 g/mol. The Morgan fingerprint density at radius 2 is 1.97 bits per heavy atom. The summed E-state index contributed by atoms with van der Waals surface area (Å²) in [6.07, 6.45) is -4.67. The second-order valence-electron chi connectivity index (χ2n) is 8.24. The first-order chi connectivity index (χ1) is 16.1. The van der Waals surface area contributed by atoms with E-state index in [2.05, 4.69) is 14.7 Å². The Bertz CT molecular complexity index is 1310. The van der Waals surface area contributed by atoms with E-state index in [1.165, 1.54) is 15.9 Å². The molecule has 0 unspecified atom stereocenters. The number of aromatic amines is 1. The minimum absolute atomic E-state index is 0.0238. The maximum absolute atomic E-state index is 14.0. The van der Waals surface area contributed by atoms with E-state index in [0.29, 0.717) is 28.1 Å². The minimum Gasteiger partial charge on any atom is -0.384 e. The standard InChI is InChI=1S/C22H19F4N5O3/c23-12-1-2-15-14(9-12)19(32)31(11-13-10-17-16(28-13)3-4-18(27)29-17)21(15)5-6-30(20(21)33)7-8-34-22(24,25)26/h1-4,9-10,28H,5-8,11H2,(H2,27,29)/t21-/m0/s1. The second-order valence-corrected chi connectivity index (χ2v) is 8.24. The number of rotatable bonds is 5. The Labute approximate surface area is 190 Å². The average Bonchev–Trinajstić information content (AvgIpc) is 3.38. The van der Waals surface area contributed by atoms with Crippen molar-refractivity contribution in [3.05, 3.63) is 59.0 Å². The van der Waals surface area contributed by atoms with Crippen molar-refractivity contribution in [2.75, 3.05) is 25.4 Å². The van der Waals surface area contributed by atoms with Crippen molar-refractivity contribution < 1.29 is 31.9 Å². The molecular weight excluding hydrogens is 458 g/mol. The summed E-state index contributed by atoms with van der Waals surface area (Å²) in [7, 11) is 0. The van der Waals surface area contributed by atoms with Gasteiger partial charge in [-0.2, -0.15) is 0 Å². The van der Waals surface area contributed by atoms with Gasteiger partial charge in [-0.1, -0.05) is 6.07 Å². The number of carbonyl (C=O) groups excluding carboxylic acids is 2. The zero-order valence-corrected chi connectivity index (χ0v) is 17.7. The number of fused-ring (bicyclic) bond motifs is 3. The predicted molar refractivity (Wildman–Crippen MR) is 112 cm³/mol. The summed E-state index contributed by atoms with van der Waals surface area (Å²) in [6, 6.07) is 8.68. The quantitative estimate of drug-likeness (QED) is 0.550.